The molecule has 42 heavy (non-hydrogen) atoms. The quantitative estimate of drug-likeness (QED) is 0.131. The van der Waals surface area contributed by atoms with E-state index < -0.39 is 14.5 Å². The summed E-state index contributed by atoms with van der Waals surface area (Å²) in [5.74, 6) is 0. The average molecular weight is 638 g/mol. The van der Waals surface area contributed by atoms with Gasteiger partial charge in [-0.05, 0) is 21.9 Å². The van der Waals surface area contributed by atoms with E-state index in [1.165, 1.54) is 65.7 Å². The van der Waals surface area contributed by atoms with Crippen LogP contribution >= 0.6 is 18.6 Å². The molecule has 0 unspecified atom stereocenters. The van der Waals surface area contributed by atoms with Gasteiger partial charge in [-0.15, -0.1) is 69.1 Å². The number of hydrogen-bond donors (Lipinski definition) is 0. The molecule has 0 aromatic heterocycles. The standard InChI is InChI=1S/C20H15.C16H13.C2H6Si.2ClH.Ti/c1-14-12-16-8-5-11-19(20(16)13-14)18-10-4-7-15-6-2-3-9-17(15)18;1-12-10-14-8-5-9-15(16(14)11-12)13-6-3-2-4-7-13;1-3-2;;;/h2-13H,1H3;2-11H,1H3;1-2H3;2*1H;/q2*-1;;;;+2/p-2. The number of rotatable bonds is 2. The summed E-state index contributed by atoms with van der Waals surface area (Å²) in [6.07, 6.45) is -0.254. The van der Waals surface area contributed by atoms with Gasteiger partial charge in [0.1, 0.15) is 0 Å². The van der Waals surface area contributed by atoms with Gasteiger partial charge in [-0.1, -0.05) is 110 Å². The van der Waals surface area contributed by atoms with Crippen molar-refractivity contribution in [2.24, 2.45) is 0 Å². The molecule has 0 atom stereocenters. The van der Waals surface area contributed by atoms with E-state index in [4.69, 9.17) is 18.6 Å². The van der Waals surface area contributed by atoms with Gasteiger partial charge in [-0.25, -0.2) is 0 Å². The first-order valence-corrected chi connectivity index (χ1v) is 23.3. The first-order valence-electron chi connectivity index (χ1n) is 14.2. The first-order chi connectivity index (χ1) is 20.3. The summed E-state index contributed by atoms with van der Waals surface area (Å²) in [4.78, 5) is 0. The number of hydrogen-bond acceptors (Lipinski definition) is 0. The van der Waals surface area contributed by atoms with E-state index in [1.807, 2.05) is 0 Å². The summed E-state index contributed by atoms with van der Waals surface area (Å²) < 4.78 is 0. The van der Waals surface area contributed by atoms with Crippen LogP contribution in [0.2, 0.25) is 13.1 Å². The topological polar surface area (TPSA) is 0 Å². The van der Waals surface area contributed by atoms with E-state index in [9.17, 15) is 0 Å². The van der Waals surface area contributed by atoms with Crippen molar-refractivity contribution in [3.8, 4) is 22.3 Å². The zero-order valence-corrected chi connectivity index (χ0v) is 28.5. The smallest absolute Gasteiger partial charge is 0.0114 e. The zero-order valence-electron chi connectivity index (χ0n) is 24.5. The van der Waals surface area contributed by atoms with E-state index in [2.05, 4.69) is 160 Å². The van der Waals surface area contributed by atoms with Gasteiger partial charge >= 0.3 is 52.4 Å². The predicted octanol–water partition coefficient (Wildman–Crippen LogP) is 12.4. The van der Waals surface area contributed by atoms with Crippen molar-refractivity contribution >= 4 is 57.1 Å². The van der Waals surface area contributed by atoms with E-state index >= 15 is 0 Å². The van der Waals surface area contributed by atoms with Crippen LogP contribution in [0.25, 0.3) is 54.6 Å². The second-order valence-corrected chi connectivity index (χ2v) is 26.9. The number of aryl methyl sites for hydroxylation is 2. The molecule has 0 spiro atoms. The SMILES string of the molecule is C[Si](C)=[Ti]([Cl])[Cl].Cc1cc2c(-c3cccc4ccccc34)cccc2[cH-]1.Cc1cc2c(-c3ccccc3)cccc2[cH-]1. The maximum atomic E-state index is 5.59. The maximum absolute atomic E-state index is 5.59. The third kappa shape index (κ3) is 7.17. The summed E-state index contributed by atoms with van der Waals surface area (Å²) in [5.41, 5.74) is 7.92. The van der Waals surface area contributed by atoms with Crippen LogP contribution in [0.5, 0.6) is 0 Å². The van der Waals surface area contributed by atoms with Gasteiger partial charge in [0.2, 0.25) is 0 Å². The molecule has 4 heteroatoms. The summed E-state index contributed by atoms with van der Waals surface area (Å²) in [5, 5.41) is 7.98. The van der Waals surface area contributed by atoms with E-state index in [0.29, 0.717) is 0 Å². The molecular formula is C38H34Cl2SiTi-2. The minimum Gasteiger partial charge on any atom is -0.165 e. The maximum Gasteiger partial charge on any atom is -0.0114 e. The van der Waals surface area contributed by atoms with Gasteiger partial charge < -0.3 is 0 Å². The Morgan fingerprint density at radius 3 is 1.57 bits per heavy atom. The van der Waals surface area contributed by atoms with Gasteiger partial charge in [0.25, 0.3) is 0 Å². The molecule has 0 aliphatic carbocycles. The predicted molar refractivity (Wildman–Crippen MR) is 186 cm³/mol. The first kappa shape index (κ1) is 30.5. The summed E-state index contributed by atoms with van der Waals surface area (Å²) in [7, 11) is 11.2. The monoisotopic (exact) mass is 636 g/mol. The van der Waals surface area contributed by atoms with Crippen molar-refractivity contribution in [1.29, 1.82) is 0 Å². The van der Waals surface area contributed by atoms with E-state index in [-0.39, 0.29) is 6.19 Å². The fourth-order valence-electron chi connectivity index (χ4n) is 5.33. The Morgan fingerprint density at radius 1 is 0.524 bits per heavy atom. The normalized spacial score (nSPS) is 10.6. The van der Waals surface area contributed by atoms with Crippen molar-refractivity contribution in [2.45, 2.75) is 26.9 Å². The molecule has 0 nitrogen and oxygen atoms in total. The van der Waals surface area contributed by atoms with Gasteiger partial charge in [-0.2, -0.15) is 12.1 Å². The molecule has 0 aliphatic heterocycles. The molecule has 0 fully saturated rings. The van der Waals surface area contributed by atoms with Crippen LogP contribution in [-0.2, 0) is 14.5 Å². The Labute approximate surface area is 263 Å². The Kier molecular flexibility index (Phi) is 10.2. The fourth-order valence-corrected chi connectivity index (χ4v) is 5.33. The molecule has 0 bridgehead atoms. The molecule has 0 amide bonds. The second-order valence-electron chi connectivity index (χ2n) is 10.8. The second kappa shape index (κ2) is 14.0. The zero-order chi connectivity index (χ0) is 29.6. The minimum atomic E-state index is -1.42. The third-order valence-corrected chi connectivity index (χ3v) is 21.0. The Bertz CT molecular complexity index is 1970. The van der Waals surface area contributed by atoms with Crippen LogP contribution in [0, 0.1) is 13.8 Å². The average Bonchev–Trinajstić information content (AvgIpc) is 3.58. The molecule has 0 aliphatic rings. The van der Waals surface area contributed by atoms with Crippen LogP contribution in [0.15, 0.2) is 133 Å². The third-order valence-electron chi connectivity index (χ3n) is 7.33. The van der Waals surface area contributed by atoms with E-state index in [1.54, 1.807) is 0 Å². The van der Waals surface area contributed by atoms with Crippen LogP contribution in [-0.4, -0.2) is 6.19 Å². The summed E-state index contributed by atoms with van der Waals surface area (Å²) in [6.45, 7) is 8.61. The van der Waals surface area contributed by atoms with Crippen molar-refractivity contribution in [3.63, 3.8) is 0 Å². The Hall–Kier alpha value is -2.91. The van der Waals surface area contributed by atoms with Crippen molar-refractivity contribution < 1.29 is 14.5 Å². The number of halogens is 2. The number of fused-ring (bicyclic) bond motifs is 3. The van der Waals surface area contributed by atoms with Crippen molar-refractivity contribution in [1.82, 2.24) is 0 Å². The van der Waals surface area contributed by atoms with Gasteiger partial charge in [0.15, 0.2) is 0 Å². The van der Waals surface area contributed by atoms with Crippen molar-refractivity contribution in [3.05, 3.63) is 145 Å². The Balaban J connectivity index is 0.000000144. The molecular weight excluding hydrogens is 603 g/mol. The largest absolute Gasteiger partial charge is 0.165 e. The van der Waals surface area contributed by atoms with Crippen LogP contribution in [0.4, 0.5) is 0 Å². The summed E-state index contributed by atoms with van der Waals surface area (Å²) in [6, 6.07) is 47.8. The van der Waals surface area contributed by atoms with Crippen LogP contribution < -0.4 is 0 Å². The van der Waals surface area contributed by atoms with Gasteiger partial charge in [0, 0.05) is 0 Å². The van der Waals surface area contributed by atoms with E-state index in [0.717, 1.165) is 0 Å². The minimum absolute atomic E-state index is 0.254. The fraction of sp³-hybridized carbons (Fsp3) is 0.105. The molecule has 7 aromatic carbocycles. The molecule has 0 radical (unpaired) electrons. The molecule has 210 valence electrons. The Morgan fingerprint density at radius 2 is 0.976 bits per heavy atom. The molecule has 0 saturated carbocycles. The molecule has 0 heterocycles. The van der Waals surface area contributed by atoms with Gasteiger partial charge in [-0.3, -0.25) is 0 Å². The summed E-state index contributed by atoms with van der Waals surface area (Å²) >= 11 is -1.42. The molecule has 0 N–H and O–H groups in total. The van der Waals surface area contributed by atoms with Crippen molar-refractivity contribution in [2.75, 3.05) is 0 Å². The molecule has 0 saturated heterocycles. The van der Waals surface area contributed by atoms with Crippen LogP contribution in [0.1, 0.15) is 11.1 Å². The number of benzene rings is 5. The van der Waals surface area contributed by atoms with Crippen LogP contribution in [0.3, 0.4) is 0 Å². The molecule has 7 aromatic rings. The molecule has 7 rings (SSSR count). The van der Waals surface area contributed by atoms with Gasteiger partial charge in [0.05, 0.1) is 0 Å².